The highest BCUT2D eigenvalue weighted by Gasteiger charge is 2.48. The lowest BCUT2D eigenvalue weighted by Crippen LogP contribution is -2.49. The summed E-state index contributed by atoms with van der Waals surface area (Å²) in [5, 5.41) is 9.80. The first kappa shape index (κ1) is 27.0. The van der Waals surface area contributed by atoms with Gasteiger partial charge >= 0.3 is 12.1 Å². The van der Waals surface area contributed by atoms with Crippen LogP contribution < -0.4 is 9.04 Å². The Kier molecular flexibility index (Phi) is 6.61. The van der Waals surface area contributed by atoms with Crippen molar-refractivity contribution in [1.29, 1.82) is 0 Å². The zero-order chi connectivity index (χ0) is 28.2. The minimum absolute atomic E-state index is 0.0429. The van der Waals surface area contributed by atoms with Crippen molar-refractivity contribution in [3.05, 3.63) is 77.6 Å². The lowest BCUT2D eigenvalue weighted by Gasteiger charge is -2.43. The van der Waals surface area contributed by atoms with E-state index in [-0.39, 0.29) is 24.4 Å². The summed E-state index contributed by atoms with van der Waals surface area (Å²) in [5.41, 5.74) is -0.492. The number of carboxylic acid groups (broad SMARTS) is 1. The highest BCUT2D eigenvalue weighted by molar-refractivity contribution is 7.92. The molecule has 0 radical (unpaired) electrons. The van der Waals surface area contributed by atoms with Crippen molar-refractivity contribution >= 4 is 21.7 Å². The summed E-state index contributed by atoms with van der Waals surface area (Å²) in [6.45, 7) is 1.41. The maximum atomic E-state index is 14.1. The number of alkyl halides is 3. The molecule has 3 aromatic rings. The number of aliphatic carboxylic acids is 1. The number of sulfonamides is 1. The highest BCUT2D eigenvalue weighted by atomic mass is 32.2. The van der Waals surface area contributed by atoms with Crippen molar-refractivity contribution in [2.75, 3.05) is 10.8 Å². The van der Waals surface area contributed by atoms with Gasteiger partial charge in [0.2, 0.25) is 0 Å². The molecular formula is C28H25F4NO5S. The predicted octanol–water partition coefficient (Wildman–Crippen LogP) is 6.42. The average molecular weight is 564 g/mol. The molecule has 3 aromatic carbocycles. The maximum Gasteiger partial charge on any atom is 0.416 e. The van der Waals surface area contributed by atoms with Crippen LogP contribution in [-0.4, -0.2) is 32.1 Å². The lowest BCUT2D eigenvalue weighted by molar-refractivity contribution is -0.156. The molecule has 5 rings (SSSR count). The first-order valence-electron chi connectivity index (χ1n) is 12.3. The summed E-state index contributed by atoms with van der Waals surface area (Å²) in [5.74, 6) is -1.34. The van der Waals surface area contributed by atoms with Gasteiger partial charge in [-0.25, -0.2) is 12.8 Å². The van der Waals surface area contributed by atoms with Gasteiger partial charge in [0.15, 0.2) is 0 Å². The Hall–Kier alpha value is -3.60. The summed E-state index contributed by atoms with van der Waals surface area (Å²) in [6, 6.07) is 12.4. The van der Waals surface area contributed by atoms with Gasteiger partial charge in [-0.15, -0.1) is 0 Å². The molecule has 0 saturated heterocycles. The van der Waals surface area contributed by atoms with Crippen molar-refractivity contribution in [1.82, 2.24) is 0 Å². The molecule has 0 bridgehead atoms. The topological polar surface area (TPSA) is 83.9 Å². The van der Waals surface area contributed by atoms with Gasteiger partial charge in [0.25, 0.3) is 10.0 Å². The van der Waals surface area contributed by atoms with Crippen molar-refractivity contribution in [2.24, 2.45) is 5.41 Å². The van der Waals surface area contributed by atoms with E-state index >= 15 is 0 Å². The maximum absolute atomic E-state index is 14.1. The van der Waals surface area contributed by atoms with Gasteiger partial charge in [0, 0.05) is 6.42 Å². The molecule has 1 atom stereocenters. The summed E-state index contributed by atoms with van der Waals surface area (Å²) in [7, 11) is -4.54. The monoisotopic (exact) mass is 563 g/mol. The van der Waals surface area contributed by atoms with Crippen LogP contribution >= 0.6 is 0 Å². The quantitative estimate of drug-likeness (QED) is 0.350. The molecule has 0 aromatic heterocycles. The molecule has 0 amide bonds. The van der Waals surface area contributed by atoms with E-state index in [1.807, 2.05) is 0 Å². The SMILES string of the molecule is Cc1cc(F)cc(-c2ccc3c(c2)N(S(=O)(=O)c2cccc(C(F)(F)F)c2)C[C@@H](CC2(C(=O)O)CCC2)O3)c1. The third-order valence-electron chi connectivity index (χ3n) is 7.40. The molecule has 1 aliphatic heterocycles. The smallest absolute Gasteiger partial charge is 0.416 e. The number of fused-ring (bicyclic) bond motifs is 1. The van der Waals surface area contributed by atoms with Gasteiger partial charge in [-0.05, 0) is 78.9 Å². The number of carbonyl (C=O) groups is 1. The summed E-state index contributed by atoms with van der Waals surface area (Å²) in [6.07, 6.45) is -3.99. The zero-order valence-electron chi connectivity index (χ0n) is 20.8. The van der Waals surface area contributed by atoms with E-state index in [9.17, 15) is 35.9 Å². The number of aryl methyl sites for hydroxylation is 1. The van der Waals surface area contributed by atoms with Gasteiger partial charge in [0.05, 0.1) is 28.1 Å². The molecule has 206 valence electrons. The van der Waals surface area contributed by atoms with Crippen LogP contribution in [0.3, 0.4) is 0 Å². The van der Waals surface area contributed by atoms with E-state index < -0.39 is 50.0 Å². The molecule has 1 saturated carbocycles. The average Bonchev–Trinajstić information content (AvgIpc) is 2.84. The molecule has 0 spiro atoms. The lowest BCUT2D eigenvalue weighted by atomic mass is 9.65. The van der Waals surface area contributed by atoms with Crippen LogP contribution in [0.1, 0.15) is 36.8 Å². The number of anilines is 1. The van der Waals surface area contributed by atoms with Crippen LogP contribution in [0.5, 0.6) is 5.75 Å². The Bertz CT molecular complexity index is 1530. The van der Waals surface area contributed by atoms with E-state index in [0.717, 1.165) is 28.9 Å². The number of nitrogens with zero attached hydrogens (tertiary/aromatic N) is 1. The third-order valence-corrected chi connectivity index (χ3v) is 9.17. The van der Waals surface area contributed by atoms with E-state index in [2.05, 4.69) is 0 Å². The minimum Gasteiger partial charge on any atom is -0.486 e. The number of benzene rings is 3. The van der Waals surface area contributed by atoms with Gasteiger partial charge in [-0.1, -0.05) is 24.6 Å². The second-order valence-electron chi connectivity index (χ2n) is 10.1. The van der Waals surface area contributed by atoms with E-state index in [4.69, 9.17) is 4.74 Å². The number of ether oxygens (including phenoxy) is 1. The highest BCUT2D eigenvalue weighted by Crippen LogP contribution is 2.48. The third kappa shape index (κ3) is 5.07. The Balaban J connectivity index is 1.61. The fourth-order valence-electron chi connectivity index (χ4n) is 5.23. The number of hydrogen-bond acceptors (Lipinski definition) is 4. The minimum atomic E-state index is -4.75. The standard InChI is InChI=1S/C28H25F4NO5S/c1-17-10-19(12-21(29)11-17)18-6-7-25-24(13-18)33(16-22(38-25)15-27(26(34)35)8-3-9-27)39(36,37)23-5-2-4-20(14-23)28(30,31)32/h2,4-7,10-14,22H,3,8-9,15-16H2,1H3,(H,34,35)/t22-/m1/s1. The molecule has 39 heavy (non-hydrogen) atoms. The summed E-state index contributed by atoms with van der Waals surface area (Å²) < 4.78 is 89.0. The first-order valence-corrected chi connectivity index (χ1v) is 13.7. The molecule has 1 heterocycles. The van der Waals surface area contributed by atoms with Crippen molar-refractivity contribution in [3.8, 4) is 16.9 Å². The molecule has 1 N–H and O–H groups in total. The Morgan fingerprint density at radius 2 is 1.82 bits per heavy atom. The Labute approximate surface area is 222 Å². The predicted molar refractivity (Wildman–Crippen MR) is 136 cm³/mol. The van der Waals surface area contributed by atoms with Crippen molar-refractivity contribution in [2.45, 2.75) is 49.8 Å². The van der Waals surface area contributed by atoms with Crippen LogP contribution in [0.15, 0.2) is 65.6 Å². The number of halogens is 4. The fraction of sp³-hybridized carbons (Fsp3) is 0.321. The number of hydrogen-bond donors (Lipinski definition) is 1. The summed E-state index contributed by atoms with van der Waals surface area (Å²) in [4.78, 5) is 11.4. The van der Waals surface area contributed by atoms with Crippen LogP contribution in [0.4, 0.5) is 23.2 Å². The van der Waals surface area contributed by atoms with Crippen molar-refractivity contribution < 1.29 is 40.6 Å². The molecule has 6 nitrogen and oxygen atoms in total. The summed E-state index contributed by atoms with van der Waals surface area (Å²) >= 11 is 0. The largest absolute Gasteiger partial charge is 0.486 e. The molecule has 11 heteroatoms. The Morgan fingerprint density at radius 1 is 1.08 bits per heavy atom. The molecule has 1 aliphatic carbocycles. The second kappa shape index (κ2) is 9.55. The van der Waals surface area contributed by atoms with Gasteiger partial charge < -0.3 is 9.84 Å². The first-order chi connectivity index (χ1) is 18.3. The molecule has 2 aliphatic rings. The van der Waals surface area contributed by atoms with Gasteiger partial charge in [-0.2, -0.15) is 13.2 Å². The van der Waals surface area contributed by atoms with Crippen LogP contribution in [-0.2, 0) is 21.0 Å². The van der Waals surface area contributed by atoms with Crippen LogP contribution in [0.2, 0.25) is 0 Å². The van der Waals surface area contributed by atoms with E-state index in [1.165, 1.54) is 24.3 Å². The molecular weight excluding hydrogens is 538 g/mol. The zero-order valence-corrected chi connectivity index (χ0v) is 21.7. The van der Waals surface area contributed by atoms with E-state index in [1.54, 1.807) is 19.1 Å². The molecule has 0 unspecified atom stereocenters. The normalized spacial score (nSPS) is 18.6. The number of rotatable bonds is 6. The van der Waals surface area contributed by atoms with Gasteiger partial charge in [-0.3, -0.25) is 9.10 Å². The fourth-order valence-corrected chi connectivity index (χ4v) is 6.78. The Morgan fingerprint density at radius 3 is 2.44 bits per heavy atom. The second-order valence-corrected chi connectivity index (χ2v) is 12.0. The van der Waals surface area contributed by atoms with Gasteiger partial charge in [0.1, 0.15) is 17.7 Å². The van der Waals surface area contributed by atoms with Crippen LogP contribution in [0.25, 0.3) is 11.1 Å². The van der Waals surface area contributed by atoms with E-state index in [0.29, 0.717) is 35.6 Å². The molecule has 1 fully saturated rings. The van der Waals surface area contributed by atoms with Crippen LogP contribution in [0, 0.1) is 18.2 Å². The number of carboxylic acids is 1. The van der Waals surface area contributed by atoms with Crippen molar-refractivity contribution in [3.63, 3.8) is 0 Å².